The van der Waals surface area contributed by atoms with Crippen molar-refractivity contribution in [1.82, 2.24) is 10.7 Å². The van der Waals surface area contributed by atoms with Gasteiger partial charge in [-0.3, -0.25) is 9.59 Å². The number of carbonyl (C=O) groups is 2. The number of nitrogens with one attached hydrogen (secondary N) is 2. The molecule has 0 aliphatic heterocycles. The molecule has 0 radical (unpaired) electrons. The van der Waals surface area contributed by atoms with Gasteiger partial charge in [0.1, 0.15) is 5.75 Å². The van der Waals surface area contributed by atoms with Crippen LogP contribution in [0.4, 0.5) is 0 Å². The van der Waals surface area contributed by atoms with E-state index in [0.717, 1.165) is 16.9 Å². The van der Waals surface area contributed by atoms with Gasteiger partial charge >= 0.3 is 0 Å². The molecule has 0 heterocycles. The summed E-state index contributed by atoms with van der Waals surface area (Å²) in [7, 11) is 1.60. The fourth-order valence-electron chi connectivity index (χ4n) is 2.26. The molecule has 0 aromatic heterocycles. The van der Waals surface area contributed by atoms with Crippen molar-refractivity contribution in [3.05, 3.63) is 64.7 Å². The van der Waals surface area contributed by atoms with Crippen molar-refractivity contribution in [2.75, 3.05) is 7.11 Å². The average Bonchev–Trinajstić information content (AvgIpc) is 2.67. The number of hydrazone groups is 1. The number of nitrogens with zero attached hydrogens (tertiary/aromatic N) is 1. The minimum atomic E-state index is -0.254. The third kappa shape index (κ3) is 7.50. The van der Waals surface area contributed by atoms with E-state index in [-0.39, 0.29) is 24.7 Å². The number of halogens is 1. The number of benzene rings is 2. The maximum Gasteiger partial charge on any atom is 0.244 e. The van der Waals surface area contributed by atoms with Crippen molar-refractivity contribution >= 4 is 29.1 Å². The zero-order valence-corrected chi connectivity index (χ0v) is 16.0. The van der Waals surface area contributed by atoms with E-state index in [1.54, 1.807) is 38.3 Å². The van der Waals surface area contributed by atoms with Crippen molar-refractivity contribution in [2.45, 2.75) is 26.3 Å². The van der Waals surface area contributed by atoms with Crippen LogP contribution in [0.25, 0.3) is 0 Å². The van der Waals surface area contributed by atoms with E-state index < -0.39 is 0 Å². The fourth-order valence-corrected chi connectivity index (χ4v) is 2.39. The molecule has 2 aromatic carbocycles. The third-order valence-electron chi connectivity index (χ3n) is 3.71. The predicted molar refractivity (Wildman–Crippen MR) is 106 cm³/mol. The first-order chi connectivity index (χ1) is 13.0. The van der Waals surface area contributed by atoms with E-state index in [0.29, 0.717) is 17.3 Å². The zero-order valence-electron chi connectivity index (χ0n) is 15.3. The first-order valence-corrected chi connectivity index (χ1v) is 8.80. The first-order valence-electron chi connectivity index (χ1n) is 8.42. The molecular weight excluding hydrogens is 366 g/mol. The summed E-state index contributed by atoms with van der Waals surface area (Å²) in [6.45, 7) is 2.11. The van der Waals surface area contributed by atoms with Crippen molar-refractivity contribution in [2.24, 2.45) is 5.10 Å². The Morgan fingerprint density at radius 2 is 1.63 bits per heavy atom. The zero-order chi connectivity index (χ0) is 19.6. The number of hydrogen-bond acceptors (Lipinski definition) is 4. The number of methoxy groups -OCH3 is 1. The third-order valence-corrected chi connectivity index (χ3v) is 3.97. The van der Waals surface area contributed by atoms with Gasteiger partial charge in [0.15, 0.2) is 0 Å². The first kappa shape index (κ1) is 20.5. The van der Waals surface area contributed by atoms with E-state index in [1.807, 2.05) is 24.3 Å². The van der Waals surface area contributed by atoms with Crippen LogP contribution < -0.4 is 15.5 Å². The average molecular weight is 388 g/mol. The van der Waals surface area contributed by atoms with Gasteiger partial charge in [0.05, 0.1) is 20.0 Å². The number of carbonyl (C=O) groups excluding carboxylic acids is 2. The van der Waals surface area contributed by atoms with Crippen LogP contribution in [-0.2, 0) is 22.6 Å². The summed E-state index contributed by atoms with van der Waals surface area (Å²) in [6.07, 6.45) is 0.301. The number of amides is 2. The minimum Gasteiger partial charge on any atom is -0.497 e. The van der Waals surface area contributed by atoms with Gasteiger partial charge in [-0.05, 0) is 42.3 Å². The van der Waals surface area contributed by atoms with E-state index in [2.05, 4.69) is 15.8 Å². The molecule has 0 saturated carbocycles. The topological polar surface area (TPSA) is 79.8 Å². The lowest BCUT2D eigenvalue weighted by Gasteiger charge is -2.07. The molecule has 27 heavy (non-hydrogen) atoms. The molecule has 0 aliphatic rings. The Kier molecular flexibility index (Phi) is 7.82. The van der Waals surface area contributed by atoms with Gasteiger partial charge in [-0.15, -0.1) is 0 Å². The Labute approximate surface area is 163 Å². The summed E-state index contributed by atoms with van der Waals surface area (Å²) < 4.78 is 5.09. The molecule has 0 atom stereocenters. The SMILES string of the molecule is COc1ccc(CNC(=O)C/C(C)=N\NC(=O)Cc2ccc(Cl)cc2)cc1. The molecule has 0 unspecified atom stereocenters. The molecule has 0 fully saturated rings. The van der Waals surface area contributed by atoms with E-state index in [4.69, 9.17) is 16.3 Å². The molecule has 0 spiro atoms. The van der Waals surface area contributed by atoms with Crippen LogP contribution in [0.2, 0.25) is 5.02 Å². The van der Waals surface area contributed by atoms with Gasteiger partial charge in [-0.1, -0.05) is 35.9 Å². The molecule has 0 aliphatic carbocycles. The lowest BCUT2D eigenvalue weighted by Crippen LogP contribution is -2.26. The smallest absolute Gasteiger partial charge is 0.244 e. The Morgan fingerprint density at radius 3 is 2.26 bits per heavy atom. The van der Waals surface area contributed by atoms with Gasteiger partial charge < -0.3 is 10.1 Å². The second-order valence-electron chi connectivity index (χ2n) is 5.99. The lowest BCUT2D eigenvalue weighted by atomic mass is 10.1. The van der Waals surface area contributed by atoms with Gasteiger partial charge in [0.25, 0.3) is 0 Å². The van der Waals surface area contributed by atoms with E-state index in [1.165, 1.54) is 0 Å². The van der Waals surface area contributed by atoms with E-state index >= 15 is 0 Å². The Morgan fingerprint density at radius 1 is 1.00 bits per heavy atom. The molecular formula is C20H22ClN3O3. The van der Waals surface area contributed by atoms with Gasteiger partial charge in [-0.25, -0.2) is 5.43 Å². The second-order valence-corrected chi connectivity index (χ2v) is 6.42. The van der Waals surface area contributed by atoms with Crippen LogP contribution in [0.5, 0.6) is 5.75 Å². The highest BCUT2D eigenvalue weighted by Gasteiger charge is 2.06. The summed E-state index contributed by atoms with van der Waals surface area (Å²) in [5.74, 6) is 0.344. The fraction of sp³-hybridized carbons (Fsp3) is 0.250. The van der Waals surface area contributed by atoms with Crippen molar-refractivity contribution < 1.29 is 14.3 Å². The van der Waals surface area contributed by atoms with Crippen LogP contribution in [0.15, 0.2) is 53.6 Å². The standard InChI is InChI=1S/C20H22ClN3O3/c1-14(23-24-20(26)12-15-3-7-17(21)8-4-15)11-19(25)22-13-16-5-9-18(27-2)10-6-16/h3-10H,11-13H2,1-2H3,(H,22,25)(H,24,26)/b23-14-. The van der Waals surface area contributed by atoms with Crippen LogP contribution >= 0.6 is 11.6 Å². The van der Waals surface area contributed by atoms with Gasteiger partial charge in [0.2, 0.25) is 11.8 Å². The summed E-state index contributed by atoms with van der Waals surface area (Å²) in [5, 5.41) is 7.40. The summed E-state index contributed by atoms with van der Waals surface area (Å²) in [5.41, 5.74) is 4.78. The number of hydrogen-bond donors (Lipinski definition) is 2. The summed E-state index contributed by atoms with van der Waals surface area (Å²) in [4.78, 5) is 23.9. The normalized spacial score (nSPS) is 11.0. The molecule has 6 nitrogen and oxygen atoms in total. The molecule has 0 bridgehead atoms. The largest absolute Gasteiger partial charge is 0.497 e. The van der Waals surface area contributed by atoms with Crippen molar-refractivity contribution in [1.29, 1.82) is 0 Å². The quantitative estimate of drug-likeness (QED) is 0.539. The van der Waals surface area contributed by atoms with Crippen LogP contribution in [-0.4, -0.2) is 24.6 Å². The molecule has 2 aromatic rings. The van der Waals surface area contributed by atoms with E-state index in [9.17, 15) is 9.59 Å². The molecule has 7 heteroatoms. The predicted octanol–water partition coefficient (Wildman–Crippen LogP) is 3.09. The second kappa shape index (κ2) is 10.3. The van der Waals surface area contributed by atoms with Crippen LogP contribution in [0.1, 0.15) is 24.5 Å². The Balaban J connectivity index is 1.73. The van der Waals surface area contributed by atoms with Crippen LogP contribution in [0, 0.1) is 0 Å². The molecule has 2 N–H and O–H groups in total. The van der Waals surface area contributed by atoms with Crippen LogP contribution in [0.3, 0.4) is 0 Å². The molecule has 0 saturated heterocycles. The maximum atomic E-state index is 12.0. The monoisotopic (exact) mass is 387 g/mol. The Bertz CT molecular complexity index is 802. The maximum absolute atomic E-state index is 12.0. The molecule has 2 amide bonds. The molecule has 2 rings (SSSR count). The molecule has 142 valence electrons. The van der Waals surface area contributed by atoms with Crippen molar-refractivity contribution in [3.63, 3.8) is 0 Å². The van der Waals surface area contributed by atoms with Crippen molar-refractivity contribution in [3.8, 4) is 5.75 Å². The summed E-state index contributed by atoms with van der Waals surface area (Å²) in [6, 6.07) is 14.5. The Hall–Kier alpha value is -2.86. The minimum absolute atomic E-state index is 0.109. The summed E-state index contributed by atoms with van der Waals surface area (Å²) >= 11 is 5.81. The number of rotatable bonds is 8. The van der Waals surface area contributed by atoms with Gasteiger partial charge in [-0.2, -0.15) is 5.10 Å². The lowest BCUT2D eigenvalue weighted by molar-refractivity contribution is -0.121. The highest BCUT2D eigenvalue weighted by atomic mass is 35.5. The highest BCUT2D eigenvalue weighted by Crippen LogP contribution is 2.11. The number of ether oxygens (including phenoxy) is 1. The highest BCUT2D eigenvalue weighted by molar-refractivity contribution is 6.30. The van der Waals surface area contributed by atoms with Gasteiger partial charge in [0, 0.05) is 17.3 Å².